The van der Waals surface area contributed by atoms with Crippen molar-refractivity contribution in [3.63, 3.8) is 0 Å². The van der Waals surface area contributed by atoms with Crippen molar-refractivity contribution < 1.29 is 14.3 Å². The zero-order valence-electron chi connectivity index (χ0n) is 11.6. The number of hydrogen-bond acceptors (Lipinski definition) is 4. The van der Waals surface area contributed by atoms with Crippen LogP contribution < -0.4 is 14.8 Å². The molecule has 104 valence electrons. The lowest BCUT2D eigenvalue weighted by Crippen LogP contribution is -2.52. The zero-order valence-corrected chi connectivity index (χ0v) is 11.6. The van der Waals surface area contributed by atoms with Gasteiger partial charge in [-0.1, -0.05) is 0 Å². The molecule has 1 atom stereocenters. The number of amides is 1. The Morgan fingerprint density at radius 3 is 2.79 bits per heavy atom. The van der Waals surface area contributed by atoms with Gasteiger partial charge in [-0.2, -0.15) is 0 Å². The first-order valence-corrected chi connectivity index (χ1v) is 6.41. The van der Waals surface area contributed by atoms with E-state index in [1.807, 2.05) is 11.8 Å². The van der Waals surface area contributed by atoms with E-state index >= 15 is 0 Å². The number of carbonyl (C=O) groups excluding carboxylic acids is 1. The van der Waals surface area contributed by atoms with Gasteiger partial charge in [-0.25, -0.2) is 0 Å². The molecule has 0 radical (unpaired) electrons. The van der Waals surface area contributed by atoms with Gasteiger partial charge in [0.2, 0.25) is 0 Å². The summed E-state index contributed by atoms with van der Waals surface area (Å²) in [4.78, 5) is 14.4. The molecule has 1 heterocycles. The largest absolute Gasteiger partial charge is 0.497 e. The van der Waals surface area contributed by atoms with E-state index in [1.54, 1.807) is 32.4 Å². The number of benzene rings is 1. The van der Waals surface area contributed by atoms with Crippen molar-refractivity contribution >= 4 is 5.91 Å². The third-order valence-corrected chi connectivity index (χ3v) is 3.40. The van der Waals surface area contributed by atoms with Crippen LogP contribution in [0.2, 0.25) is 0 Å². The van der Waals surface area contributed by atoms with Crippen LogP contribution in [0, 0.1) is 0 Å². The van der Waals surface area contributed by atoms with Crippen molar-refractivity contribution in [3.05, 3.63) is 23.8 Å². The third-order valence-electron chi connectivity index (χ3n) is 3.40. The van der Waals surface area contributed by atoms with Gasteiger partial charge in [0.05, 0.1) is 19.8 Å². The lowest BCUT2D eigenvalue weighted by Gasteiger charge is -2.34. The zero-order chi connectivity index (χ0) is 13.8. The Hall–Kier alpha value is -1.75. The molecule has 0 aliphatic carbocycles. The predicted molar refractivity (Wildman–Crippen MR) is 72.9 cm³/mol. The molecular formula is C14H20N2O3. The third kappa shape index (κ3) is 2.81. The summed E-state index contributed by atoms with van der Waals surface area (Å²) >= 11 is 0. The van der Waals surface area contributed by atoms with Gasteiger partial charge in [0, 0.05) is 31.7 Å². The van der Waals surface area contributed by atoms with Gasteiger partial charge in [0.25, 0.3) is 5.91 Å². The Morgan fingerprint density at radius 1 is 1.37 bits per heavy atom. The summed E-state index contributed by atoms with van der Waals surface area (Å²) in [6.07, 6.45) is 0. The lowest BCUT2D eigenvalue weighted by atomic mass is 10.1. The van der Waals surface area contributed by atoms with E-state index < -0.39 is 0 Å². The van der Waals surface area contributed by atoms with Crippen molar-refractivity contribution in [1.29, 1.82) is 0 Å². The highest BCUT2D eigenvalue weighted by Crippen LogP contribution is 2.26. The second kappa shape index (κ2) is 5.93. The number of hydrogen-bond donors (Lipinski definition) is 1. The highest BCUT2D eigenvalue weighted by molar-refractivity contribution is 5.97. The molecule has 0 bridgehead atoms. The van der Waals surface area contributed by atoms with Crippen molar-refractivity contribution in [2.75, 3.05) is 33.9 Å². The minimum Gasteiger partial charge on any atom is -0.497 e. The van der Waals surface area contributed by atoms with Crippen molar-refractivity contribution in [2.45, 2.75) is 13.0 Å². The van der Waals surface area contributed by atoms with Crippen LogP contribution in [0.4, 0.5) is 0 Å². The molecule has 1 fully saturated rings. The van der Waals surface area contributed by atoms with E-state index in [1.165, 1.54) is 0 Å². The van der Waals surface area contributed by atoms with E-state index in [-0.39, 0.29) is 11.9 Å². The summed E-state index contributed by atoms with van der Waals surface area (Å²) in [5, 5.41) is 3.27. The van der Waals surface area contributed by atoms with Crippen LogP contribution in [0.3, 0.4) is 0 Å². The van der Waals surface area contributed by atoms with Gasteiger partial charge in [-0.15, -0.1) is 0 Å². The summed E-state index contributed by atoms with van der Waals surface area (Å²) < 4.78 is 10.4. The monoisotopic (exact) mass is 264 g/mol. The molecule has 5 heteroatoms. The maximum absolute atomic E-state index is 12.6. The van der Waals surface area contributed by atoms with Crippen LogP contribution in [0.5, 0.6) is 11.5 Å². The van der Waals surface area contributed by atoms with Gasteiger partial charge < -0.3 is 19.7 Å². The van der Waals surface area contributed by atoms with Crippen molar-refractivity contribution in [3.8, 4) is 11.5 Å². The van der Waals surface area contributed by atoms with Gasteiger partial charge >= 0.3 is 0 Å². The maximum Gasteiger partial charge on any atom is 0.257 e. The normalized spacial score (nSPS) is 19.1. The van der Waals surface area contributed by atoms with Crippen molar-refractivity contribution in [1.82, 2.24) is 10.2 Å². The Morgan fingerprint density at radius 2 is 2.16 bits per heavy atom. The molecule has 19 heavy (non-hydrogen) atoms. The quantitative estimate of drug-likeness (QED) is 0.889. The average molecular weight is 264 g/mol. The molecular weight excluding hydrogens is 244 g/mol. The Bertz CT molecular complexity index is 462. The molecule has 1 aliphatic heterocycles. The van der Waals surface area contributed by atoms with Crippen LogP contribution in [0.1, 0.15) is 17.3 Å². The first-order chi connectivity index (χ1) is 9.17. The molecule has 1 aromatic carbocycles. The second-order valence-corrected chi connectivity index (χ2v) is 4.62. The van der Waals surface area contributed by atoms with E-state index in [9.17, 15) is 4.79 Å². The predicted octanol–water partition coefficient (Wildman–Crippen LogP) is 1.14. The number of methoxy groups -OCH3 is 2. The standard InChI is InChI=1S/C14H20N2O3/c1-10-9-15-6-7-16(10)14(17)12-5-4-11(18-2)8-13(12)19-3/h4-5,8,10,15H,6-7,9H2,1-3H3/t10-/m1/s1. The average Bonchev–Trinajstić information content (AvgIpc) is 2.46. The van der Waals surface area contributed by atoms with Crippen LogP contribution in [0.25, 0.3) is 0 Å². The van der Waals surface area contributed by atoms with Crippen LogP contribution >= 0.6 is 0 Å². The van der Waals surface area contributed by atoms with E-state index in [0.717, 1.165) is 19.6 Å². The van der Waals surface area contributed by atoms with Gasteiger partial charge in [-0.05, 0) is 19.1 Å². The van der Waals surface area contributed by atoms with E-state index in [0.29, 0.717) is 17.1 Å². The minimum absolute atomic E-state index is 0.00787. The fourth-order valence-electron chi connectivity index (χ4n) is 2.27. The smallest absolute Gasteiger partial charge is 0.257 e. The summed E-state index contributed by atoms with van der Waals surface area (Å²) in [5.41, 5.74) is 0.581. The molecule has 1 amide bonds. The molecule has 1 aliphatic rings. The Balaban J connectivity index is 2.27. The number of rotatable bonds is 3. The summed E-state index contributed by atoms with van der Waals surface area (Å²) in [6, 6.07) is 5.46. The van der Waals surface area contributed by atoms with Crippen molar-refractivity contribution in [2.24, 2.45) is 0 Å². The SMILES string of the molecule is COc1ccc(C(=O)N2CCNC[C@H]2C)c(OC)c1. The fraction of sp³-hybridized carbons (Fsp3) is 0.500. The number of carbonyl (C=O) groups is 1. The maximum atomic E-state index is 12.6. The first kappa shape index (κ1) is 13.7. The molecule has 2 rings (SSSR count). The summed E-state index contributed by atoms with van der Waals surface area (Å²) in [7, 11) is 3.15. The lowest BCUT2D eigenvalue weighted by molar-refractivity contribution is 0.0652. The molecule has 0 spiro atoms. The molecule has 1 N–H and O–H groups in total. The molecule has 0 unspecified atom stereocenters. The van der Waals surface area contributed by atoms with Crippen LogP contribution in [0.15, 0.2) is 18.2 Å². The Labute approximate surface area is 113 Å². The summed E-state index contributed by atoms with van der Waals surface area (Å²) in [5.74, 6) is 1.24. The minimum atomic E-state index is 0.00787. The molecule has 0 saturated carbocycles. The summed E-state index contributed by atoms with van der Waals surface area (Å²) in [6.45, 7) is 4.41. The van der Waals surface area contributed by atoms with E-state index in [4.69, 9.17) is 9.47 Å². The first-order valence-electron chi connectivity index (χ1n) is 6.41. The molecule has 1 saturated heterocycles. The molecule has 5 nitrogen and oxygen atoms in total. The van der Waals surface area contributed by atoms with Gasteiger partial charge in [-0.3, -0.25) is 4.79 Å². The van der Waals surface area contributed by atoms with E-state index in [2.05, 4.69) is 5.32 Å². The number of nitrogens with one attached hydrogen (secondary N) is 1. The molecule has 1 aromatic rings. The van der Waals surface area contributed by atoms with Gasteiger partial charge in [0.15, 0.2) is 0 Å². The number of piperazine rings is 1. The van der Waals surface area contributed by atoms with Crippen LogP contribution in [-0.4, -0.2) is 50.7 Å². The molecule has 0 aromatic heterocycles. The number of nitrogens with zero attached hydrogens (tertiary/aromatic N) is 1. The highest BCUT2D eigenvalue weighted by atomic mass is 16.5. The number of ether oxygens (including phenoxy) is 2. The highest BCUT2D eigenvalue weighted by Gasteiger charge is 2.26. The Kier molecular flexibility index (Phi) is 4.27. The topological polar surface area (TPSA) is 50.8 Å². The van der Waals surface area contributed by atoms with Gasteiger partial charge in [0.1, 0.15) is 11.5 Å². The van der Waals surface area contributed by atoms with Crippen LogP contribution in [-0.2, 0) is 0 Å². The fourth-order valence-corrected chi connectivity index (χ4v) is 2.27. The second-order valence-electron chi connectivity index (χ2n) is 4.62.